The highest BCUT2D eigenvalue weighted by molar-refractivity contribution is 5.81. The van der Waals surface area contributed by atoms with Gasteiger partial charge in [-0.3, -0.25) is 10.1 Å². The summed E-state index contributed by atoms with van der Waals surface area (Å²) < 4.78 is 5.06. The molecule has 4 nitrogen and oxygen atoms in total. The van der Waals surface area contributed by atoms with Gasteiger partial charge in [-0.15, -0.1) is 0 Å². The van der Waals surface area contributed by atoms with Gasteiger partial charge in [-0.1, -0.05) is 6.42 Å². The number of esters is 1. The standard InChI is InChI=1S/C16H30N2O2/c1-12(2)17-16(15(19)20-4)9-8-14(10-16)18(3)11-13-6-5-7-13/h12-14,17H,5-11H2,1-4H3. The molecule has 2 unspecified atom stereocenters. The molecule has 2 saturated carbocycles. The number of hydrogen-bond acceptors (Lipinski definition) is 4. The van der Waals surface area contributed by atoms with Crippen molar-refractivity contribution in [2.45, 2.75) is 70.0 Å². The molecule has 0 spiro atoms. The van der Waals surface area contributed by atoms with E-state index in [9.17, 15) is 4.79 Å². The molecule has 2 atom stereocenters. The zero-order chi connectivity index (χ0) is 14.8. The minimum atomic E-state index is -0.471. The summed E-state index contributed by atoms with van der Waals surface area (Å²) in [4.78, 5) is 14.7. The van der Waals surface area contributed by atoms with E-state index in [1.165, 1.54) is 32.9 Å². The van der Waals surface area contributed by atoms with Gasteiger partial charge in [0.2, 0.25) is 0 Å². The molecular formula is C16H30N2O2. The minimum absolute atomic E-state index is 0.0919. The number of carbonyl (C=O) groups excluding carboxylic acids is 1. The highest BCUT2D eigenvalue weighted by Crippen LogP contribution is 2.36. The van der Waals surface area contributed by atoms with Crippen LogP contribution in [0.5, 0.6) is 0 Å². The van der Waals surface area contributed by atoms with Crippen LogP contribution in [0, 0.1) is 5.92 Å². The molecule has 0 aliphatic heterocycles. The van der Waals surface area contributed by atoms with Gasteiger partial charge >= 0.3 is 5.97 Å². The van der Waals surface area contributed by atoms with Crippen molar-refractivity contribution >= 4 is 5.97 Å². The molecule has 1 N–H and O–H groups in total. The van der Waals surface area contributed by atoms with E-state index in [0.29, 0.717) is 12.1 Å². The zero-order valence-corrected chi connectivity index (χ0v) is 13.4. The van der Waals surface area contributed by atoms with Gasteiger partial charge < -0.3 is 9.64 Å². The molecule has 116 valence electrons. The average molecular weight is 282 g/mol. The maximum Gasteiger partial charge on any atom is 0.326 e. The van der Waals surface area contributed by atoms with Crippen LogP contribution in [0.15, 0.2) is 0 Å². The van der Waals surface area contributed by atoms with Crippen molar-refractivity contribution in [1.29, 1.82) is 0 Å². The second-order valence-corrected chi connectivity index (χ2v) is 7.01. The molecule has 20 heavy (non-hydrogen) atoms. The average Bonchev–Trinajstić information content (AvgIpc) is 2.77. The van der Waals surface area contributed by atoms with Gasteiger partial charge in [0.1, 0.15) is 5.54 Å². The lowest BCUT2D eigenvalue weighted by Gasteiger charge is -2.35. The predicted molar refractivity (Wildman–Crippen MR) is 80.6 cm³/mol. The molecule has 0 amide bonds. The van der Waals surface area contributed by atoms with Crippen LogP contribution in [0.4, 0.5) is 0 Å². The van der Waals surface area contributed by atoms with E-state index in [1.54, 1.807) is 0 Å². The number of methoxy groups -OCH3 is 1. The van der Waals surface area contributed by atoms with Crippen LogP contribution in [0.2, 0.25) is 0 Å². The van der Waals surface area contributed by atoms with E-state index in [0.717, 1.165) is 25.2 Å². The van der Waals surface area contributed by atoms with Crippen molar-refractivity contribution in [3.05, 3.63) is 0 Å². The fourth-order valence-electron chi connectivity index (χ4n) is 3.75. The first kappa shape index (κ1) is 15.8. The van der Waals surface area contributed by atoms with Crippen LogP contribution in [-0.2, 0) is 9.53 Å². The number of nitrogens with one attached hydrogen (secondary N) is 1. The molecule has 2 fully saturated rings. The second kappa shape index (κ2) is 6.44. The smallest absolute Gasteiger partial charge is 0.326 e. The van der Waals surface area contributed by atoms with Crippen molar-refractivity contribution < 1.29 is 9.53 Å². The molecule has 0 heterocycles. The summed E-state index contributed by atoms with van der Waals surface area (Å²) in [6.45, 7) is 5.37. The Morgan fingerprint density at radius 3 is 2.60 bits per heavy atom. The molecular weight excluding hydrogens is 252 g/mol. The third-order valence-corrected chi connectivity index (χ3v) is 5.02. The fraction of sp³-hybridized carbons (Fsp3) is 0.938. The predicted octanol–water partition coefficient (Wildman–Crippen LogP) is 2.18. The van der Waals surface area contributed by atoms with Gasteiger partial charge in [-0.25, -0.2) is 0 Å². The first-order chi connectivity index (χ1) is 9.47. The molecule has 2 aliphatic rings. The number of hydrogen-bond donors (Lipinski definition) is 1. The SMILES string of the molecule is COC(=O)C1(NC(C)C)CCC(N(C)CC2CCC2)C1. The van der Waals surface area contributed by atoms with Crippen molar-refractivity contribution in [2.24, 2.45) is 5.92 Å². The Kier molecular flexibility index (Phi) is 5.08. The summed E-state index contributed by atoms with van der Waals surface area (Å²) in [5.41, 5.74) is -0.471. The first-order valence-corrected chi connectivity index (χ1v) is 8.03. The third-order valence-electron chi connectivity index (χ3n) is 5.02. The Bertz CT molecular complexity index is 341. The van der Waals surface area contributed by atoms with Gasteiger partial charge in [0, 0.05) is 18.6 Å². The number of rotatable bonds is 6. The Hall–Kier alpha value is -0.610. The largest absolute Gasteiger partial charge is 0.468 e. The second-order valence-electron chi connectivity index (χ2n) is 7.01. The summed E-state index contributed by atoms with van der Waals surface area (Å²) in [5, 5.41) is 3.47. The first-order valence-electron chi connectivity index (χ1n) is 8.03. The lowest BCUT2D eigenvalue weighted by Crippen LogP contribution is -2.54. The lowest BCUT2D eigenvalue weighted by molar-refractivity contribution is -0.149. The van der Waals surface area contributed by atoms with Crippen LogP contribution >= 0.6 is 0 Å². The molecule has 4 heteroatoms. The highest BCUT2D eigenvalue weighted by Gasteiger charge is 2.47. The molecule has 0 aromatic rings. The summed E-state index contributed by atoms with van der Waals surface area (Å²) in [6.07, 6.45) is 6.99. The third kappa shape index (κ3) is 3.34. The van der Waals surface area contributed by atoms with Crippen molar-refractivity contribution in [1.82, 2.24) is 10.2 Å². The monoisotopic (exact) mass is 282 g/mol. The van der Waals surface area contributed by atoms with E-state index >= 15 is 0 Å². The Morgan fingerprint density at radius 2 is 2.10 bits per heavy atom. The molecule has 0 bridgehead atoms. The van der Waals surface area contributed by atoms with Gasteiger partial charge in [-0.2, -0.15) is 0 Å². The summed E-state index contributed by atoms with van der Waals surface area (Å²) in [7, 11) is 3.71. The molecule has 0 radical (unpaired) electrons. The summed E-state index contributed by atoms with van der Waals surface area (Å²) in [6, 6.07) is 0.797. The molecule has 0 aromatic carbocycles. The van der Waals surface area contributed by atoms with Crippen LogP contribution < -0.4 is 5.32 Å². The van der Waals surface area contributed by atoms with E-state index in [2.05, 4.69) is 31.1 Å². The maximum atomic E-state index is 12.2. The van der Waals surface area contributed by atoms with Crippen molar-refractivity contribution in [3.63, 3.8) is 0 Å². The Labute approximate surface area is 123 Å². The molecule has 0 saturated heterocycles. The minimum Gasteiger partial charge on any atom is -0.468 e. The summed E-state index contributed by atoms with van der Waals surface area (Å²) in [5.74, 6) is 0.789. The maximum absolute atomic E-state index is 12.2. The number of nitrogens with zero attached hydrogens (tertiary/aromatic N) is 1. The molecule has 2 aliphatic carbocycles. The van der Waals surface area contributed by atoms with E-state index in [-0.39, 0.29) is 5.97 Å². The topological polar surface area (TPSA) is 41.6 Å². The molecule has 0 aromatic heterocycles. The quantitative estimate of drug-likeness (QED) is 0.758. The highest BCUT2D eigenvalue weighted by atomic mass is 16.5. The van der Waals surface area contributed by atoms with Gasteiger partial charge in [-0.05, 0) is 58.9 Å². The van der Waals surface area contributed by atoms with E-state index < -0.39 is 5.54 Å². The van der Waals surface area contributed by atoms with Crippen LogP contribution in [-0.4, -0.2) is 49.2 Å². The lowest BCUT2D eigenvalue weighted by atomic mass is 9.85. The van der Waals surface area contributed by atoms with Gasteiger partial charge in [0.15, 0.2) is 0 Å². The van der Waals surface area contributed by atoms with Crippen LogP contribution in [0.1, 0.15) is 52.4 Å². The van der Waals surface area contributed by atoms with Crippen LogP contribution in [0.3, 0.4) is 0 Å². The van der Waals surface area contributed by atoms with Crippen LogP contribution in [0.25, 0.3) is 0 Å². The fourth-order valence-corrected chi connectivity index (χ4v) is 3.75. The van der Waals surface area contributed by atoms with Gasteiger partial charge in [0.05, 0.1) is 7.11 Å². The van der Waals surface area contributed by atoms with E-state index in [1.807, 2.05) is 0 Å². The van der Waals surface area contributed by atoms with Gasteiger partial charge in [0.25, 0.3) is 0 Å². The van der Waals surface area contributed by atoms with E-state index in [4.69, 9.17) is 4.74 Å². The zero-order valence-electron chi connectivity index (χ0n) is 13.4. The van der Waals surface area contributed by atoms with Crippen molar-refractivity contribution in [2.75, 3.05) is 20.7 Å². The number of carbonyl (C=O) groups is 1. The molecule has 2 rings (SSSR count). The van der Waals surface area contributed by atoms with Crippen molar-refractivity contribution in [3.8, 4) is 0 Å². The summed E-state index contributed by atoms with van der Waals surface area (Å²) >= 11 is 0. The normalized spacial score (nSPS) is 30.8. The Balaban J connectivity index is 1.96. The number of ether oxygens (including phenoxy) is 1. The Morgan fingerprint density at radius 1 is 1.40 bits per heavy atom.